The molecule has 0 aliphatic heterocycles. The van der Waals surface area contributed by atoms with Crippen molar-refractivity contribution < 1.29 is 19.0 Å². The molecule has 2 rings (SSSR count). The van der Waals surface area contributed by atoms with Crippen LogP contribution in [0.25, 0.3) is 0 Å². The predicted octanol–water partition coefficient (Wildman–Crippen LogP) is 4.85. The minimum atomic E-state index is -0.743. The van der Waals surface area contributed by atoms with Crippen molar-refractivity contribution in [2.45, 2.75) is 59.5 Å². The molecule has 0 radical (unpaired) electrons. The molecule has 0 unspecified atom stereocenters. The standard InChI is InChI=1S/C21H30O4/c1-8-12-24-16-13-17-20(4,5)10-9-11-21(17,6)18(14(16)2)15(3)25-19(22)23-7/h1,16-17H,3,9-13H2,2,4-7H3/t16-,17+,21+/m1/s1. The van der Waals surface area contributed by atoms with Crippen LogP contribution >= 0.6 is 0 Å². The fourth-order valence-corrected chi connectivity index (χ4v) is 5.08. The molecular weight excluding hydrogens is 316 g/mol. The first-order valence-corrected chi connectivity index (χ1v) is 8.88. The van der Waals surface area contributed by atoms with E-state index in [0.29, 0.717) is 11.7 Å². The fraction of sp³-hybridized carbons (Fsp3) is 0.667. The smallest absolute Gasteiger partial charge is 0.437 e. The molecule has 1 fully saturated rings. The summed E-state index contributed by atoms with van der Waals surface area (Å²) >= 11 is 0. The first-order chi connectivity index (χ1) is 11.7. The number of rotatable bonds is 4. The van der Waals surface area contributed by atoms with E-state index in [1.807, 2.05) is 6.92 Å². The second-order valence-electron chi connectivity index (χ2n) is 8.09. The van der Waals surface area contributed by atoms with Crippen LogP contribution in [0.3, 0.4) is 0 Å². The van der Waals surface area contributed by atoms with Gasteiger partial charge in [-0.2, -0.15) is 0 Å². The molecule has 0 bridgehead atoms. The molecule has 25 heavy (non-hydrogen) atoms. The summed E-state index contributed by atoms with van der Waals surface area (Å²) in [4.78, 5) is 11.6. The summed E-state index contributed by atoms with van der Waals surface area (Å²) in [6, 6.07) is 0. The Morgan fingerprint density at radius 2 is 2.04 bits per heavy atom. The van der Waals surface area contributed by atoms with E-state index < -0.39 is 6.16 Å². The maximum atomic E-state index is 11.6. The summed E-state index contributed by atoms with van der Waals surface area (Å²) in [6.45, 7) is 13.2. The maximum absolute atomic E-state index is 11.6. The Kier molecular flexibility index (Phi) is 5.68. The molecule has 2 aliphatic carbocycles. The average Bonchev–Trinajstić information content (AvgIpc) is 2.52. The highest BCUT2D eigenvalue weighted by atomic mass is 16.7. The van der Waals surface area contributed by atoms with Crippen LogP contribution in [0.5, 0.6) is 0 Å². The van der Waals surface area contributed by atoms with Crippen LogP contribution in [0.4, 0.5) is 4.79 Å². The number of allylic oxidation sites excluding steroid dienone is 1. The van der Waals surface area contributed by atoms with E-state index in [4.69, 9.17) is 15.9 Å². The molecule has 0 saturated heterocycles. The van der Waals surface area contributed by atoms with Crippen LogP contribution in [0.15, 0.2) is 23.5 Å². The second-order valence-corrected chi connectivity index (χ2v) is 8.09. The minimum Gasteiger partial charge on any atom is -0.437 e. The van der Waals surface area contributed by atoms with Crippen LogP contribution in [0.2, 0.25) is 0 Å². The van der Waals surface area contributed by atoms with E-state index in [1.54, 1.807) is 0 Å². The van der Waals surface area contributed by atoms with Crippen molar-refractivity contribution in [2.24, 2.45) is 16.7 Å². The molecular formula is C21H30O4. The molecule has 1 saturated carbocycles. The number of carbonyl (C=O) groups is 1. The summed E-state index contributed by atoms with van der Waals surface area (Å²) < 4.78 is 15.9. The van der Waals surface area contributed by atoms with Gasteiger partial charge in [-0.3, -0.25) is 0 Å². The number of terminal acetylenes is 1. The van der Waals surface area contributed by atoms with Crippen molar-refractivity contribution in [3.63, 3.8) is 0 Å². The Morgan fingerprint density at radius 3 is 2.64 bits per heavy atom. The molecule has 0 spiro atoms. The summed E-state index contributed by atoms with van der Waals surface area (Å²) in [5.74, 6) is 3.31. The lowest BCUT2D eigenvalue weighted by Crippen LogP contribution is -2.49. The lowest BCUT2D eigenvalue weighted by atomic mass is 9.49. The molecule has 3 atom stereocenters. The normalized spacial score (nSPS) is 30.9. The Labute approximate surface area is 151 Å². The van der Waals surface area contributed by atoms with Gasteiger partial charge in [-0.15, -0.1) is 6.42 Å². The van der Waals surface area contributed by atoms with E-state index in [0.717, 1.165) is 30.4 Å². The lowest BCUT2D eigenvalue weighted by molar-refractivity contribution is -0.0365. The molecule has 4 nitrogen and oxygen atoms in total. The Bertz CT molecular complexity index is 622. The minimum absolute atomic E-state index is 0.0838. The second kappa shape index (κ2) is 7.25. The topological polar surface area (TPSA) is 44.8 Å². The Morgan fingerprint density at radius 1 is 1.36 bits per heavy atom. The molecule has 0 aromatic rings. The molecule has 0 heterocycles. The zero-order valence-corrected chi connectivity index (χ0v) is 16.1. The van der Waals surface area contributed by atoms with Gasteiger partial charge in [0, 0.05) is 5.57 Å². The Balaban J connectivity index is 2.49. The van der Waals surface area contributed by atoms with Gasteiger partial charge in [-0.1, -0.05) is 39.7 Å². The van der Waals surface area contributed by atoms with Crippen LogP contribution in [0.1, 0.15) is 53.4 Å². The van der Waals surface area contributed by atoms with E-state index in [1.165, 1.54) is 13.5 Å². The van der Waals surface area contributed by atoms with E-state index in [2.05, 4.69) is 38.0 Å². The third-order valence-corrected chi connectivity index (χ3v) is 6.15. The van der Waals surface area contributed by atoms with Crippen molar-refractivity contribution >= 4 is 6.16 Å². The number of fused-ring (bicyclic) bond motifs is 1. The molecule has 2 aliphatic rings. The van der Waals surface area contributed by atoms with Crippen LogP contribution in [-0.4, -0.2) is 26.0 Å². The lowest BCUT2D eigenvalue weighted by Gasteiger charge is -2.56. The molecule has 0 N–H and O–H groups in total. The van der Waals surface area contributed by atoms with Gasteiger partial charge in [-0.05, 0) is 48.5 Å². The van der Waals surface area contributed by atoms with E-state index in [9.17, 15) is 4.79 Å². The molecule has 0 amide bonds. The number of ether oxygens (including phenoxy) is 3. The maximum Gasteiger partial charge on any atom is 0.513 e. The van der Waals surface area contributed by atoms with Crippen LogP contribution in [0, 0.1) is 29.1 Å². The van der Waals surface area contributed by atoms with Gasteiger partial charge in [0.2, 0.25) is 0 Å². The monoisotopic (exact) mass is 346 g/mol. The van der Waals surface area contributed by atoms with Gasteiger partial charge >= 0.3 is 6.16 Å². The van der Waals surface area contributed by atoms with Crippen molar-refractivity contribution in [1.29, 1.82) is 0 Å². The summed E-state index contributed by atoms with van der Waals surface area (Å²) in [5, 5.41) is 0. The zero-order valence-electron chi connectivity index (χ0n) is 16.1. The highest BCUT2D eigenvalue weighted by molar-refractivity contribution is 5.62. The van der Waals surface area contributed by atoms with Gasteiger partial charge < -0.3 is 14.2 Å². The Hall–Kier alpha value is -1.73. The fourth-order valence-electron chi connectivity index (χ4n) is 5.08. The summed E-state index contributed by atoms with van der Waals surface area (Å²) in [7, 11) is 1.30. The van der Waals surface area contributed by atoms with Gasteiger partial charge in [0.05, 0.1) is 13.2 Å². The summed E-state index contributed by atoms with van der Waals surface area (Å²) in [6.07, 6.45) is 8.83. The van der Waals surface area contributed by atoms with Crippen molar-refractivity contribution in [1.82, 2.24) is 0 Å². The van der Waals surface area contributed by atoms with Crippen LogP contribution in [-0.2, 0) is 14.2 Å². The van der Waals surface area contributed by atoms with Crippen molar-refractivity contribution in [2.75, 3.05) is 13.7 Å². The number of carbonyl (C=O) groups excluding carboxylic acids is 1. The average molecular weight is 346 g/mol. The van der Waals surface area contributed by atoms with Crippen molar-refractivity contribution in [3.05, 3.63) is 23.5 Å². The van der Waals surface area contributed by atoms with E-state index >= 15 is 0 Å². The van der Waals surface area contributed by atoms with Crippen LogP contribution < -0.4 is 0 Å². The highest BCUT2D eigenvalue weighted by Gasteiger charge is 2.53. The third-order valence-electron chi connectivity index (χ3n) is 6.15. The quantitative estimate of drug-likeness (QED) is 0.414. The van der Waals surface area contributed by atoms with Crippen molar-refractivity contribution in [3.8, 4) is 12.3 Å². The number of methoxy groups -OCH3 is 1. The predicted molar refractivity (Wildman–Crippen MR) is 97.7 cm³/mol. The SMILES string of the molecule is C#CCO[C@@H]1C[C@H]2C(C)(C)CCC[C@]2(C)C(C(=C)OC(=O)OC)=C1C. The van der Waals surface area contributed by atoms with Gasteiger partial charge in [-0.25, -0.2) is 4.79 Å². The third kappa shape index (κ3) is 3.62. The van der Waals surface area contributed by atoms with E-state index in [-0.39, 0.29) is 23.5 Å². The molecule has 138 valence electrons. The number of hydrogen-bond acceptors (Lipinski definition) is 4. The highest BCUT2D eigenvalue weighted by Crippen LogP contribution is 2.61. The van der Waals surface area contributed by atoms with Gasteiger partial charge in [0.1, 0.15) is 12.4 Å². The zero-order chi connectivity index (χ0) is 18.8. The molecule has 4 heteroatoms. The van der Waals surface area contributed by atoms with Gasteiger partial charge in [0.25, 0.3) is 0 Å². The molecule has 0 aromatic heterocycles. The first kappa shape index (κ1) is 19.6. The largest absolute Gasteiger partial charge is 0.513 e. The van der Waals surface area contributed by atoms with Gasteiger partial charge in [0.15, 0.2) is 0 Å². The first-order valence-electron chi connectivity index (χ1n) is 8.88. The summed E-state index contributed by atoms with van der Waals surface area (Å²) in [5.41, 5.74) is 2.11. The molecule has 0 aromatic carbocycles. The number of hydrogen-bond donors (Lipinski definition) is 0.